The highest BCUT2D eigenvalue weighted by Crippen LogP contribution is 2.39. The van der Waals surface area contributed by atoms with Gasteiger partial charge in [0.25, 0.3) is 5.91 Å². The van der Waals surface area contributed by atoms with Crippen LogP contribution in [-0.2, 0) is 0 Å². The second-order valence-electron chi connectivity index (χ2n) is 5.18. The van der Waals surface area contributed by atoms with E-state index in [2.05, 4.69) is 36.8 Å². The highest BCUT2D eigenvalue weighted by atomic mass is 79.9. The molecule has 2 aliphatic rings. The lowest BCUT2D eigenvalue weighted by Crippen LogP contribution is -2.46. The fourth-order valence-corrected chi connectivity index (χ4v) is 4.48. The number of fused-ring (bicyclic) bond motifs is 2. The molecule has 18 heavy (non-hydrogen) atoms. The average Bonchev–Trinajstić information content (AvgIpc) is 2.61. The Balaban J connectivity index is 1.85. The van der Waals surface area contributed by atoms with E-state index in [1.165, 1.54) is 0 Å². The van der Waals surface area contributed by atoms with Gasteiger partial charge in [0.15, 0.2) is 0 Å². The minimum atomic E-state index is 0.197. The number of piperidine rings is 1. The van der Waals surface area contributed by atoms with Crippen molar-refractivity contribution in [2.45, 2.75) is 42.6 Å². The van der Waals surface area contributed by atoms with Crippen LogP contribution in [0.5, 0.6) is 0 Å². The van der Waals surface area contributed by atoms with Crippen LogP contribution in [0.2, 0.25) is 0 Å². The van der Waals surface area contributed by atoms with Gasteiger partial charge in [0.2, 0.25) is 0 Å². The summed E-state index contributed by atoms with van der Waals surface area (Å²) in [5.41, 5.74) is 0.800. The van der Waals surface area contributed by atoms with Gasteiger partial charge >= 0.3 is 0 Å². The zero-order valence-corrected chi connectivity index (χ0v) is 13.2. The molecule has 2 saturated heterocycles. The first-order valence-electron chi connectivity index (χ1n) is 6.37. The second-order valence-corrected chi connectivity index (χ2v) is 7.39. The highest BCUT2D eigenvalue weighted by molar-refractivity contribution is 9.10. The molecule has 3 rings (SSSR count). The molecular formula is C14H15Br2NO. The molecule has 2 fully saturated rings. The van der Waals surface area contributed by atoms with E-state index in [1.54, 1.807) is 0 Å². The molecule has 0 radical (unpaired) electrons. The molecule has 96 valence electrons. The van der Waals surface area contributed by atoms with Crippen molar-refractivity contribution in [3.8, 4) is 0 Å². The maximum absolute atomic E-state index is 12.6. The van der Waals surface area contributed by atoms with Crippen LogP contribution in [0.4, 0.5) is 0 Å². The zero-order valence-electron chi connectivity index (χ0n) is 9.98. The first-order valence-corrected chi connectivity index (χ1v) is 8.08. The Hall–Kier alpha value is -0.350. The third-order valence-corrected chi connectivity index (χ3v) is 5.22. The van der Waals surface area contributed by atoms with Gasteiger partial charge in [-0.05, 0) is 43.9 Å². The van der Waals surface area contributed by atoms with Crippen molar-refractivity contribution in [2.24, 2.45) is 0 Å². The van der Waals surface area contributed by atoms with Crippen LogP contribution in [-0.4, -0.2) is 27.7 Å². The van der Waals surface area contributed by atoms with E-state index in [4.69, 9.17) is 0 Å². The molecule has 1 aromatic rings. The Bertz CT molecular complexity index is 463. The highest BCUT2D eigenvalue weighted by Gasteiger charge is 2.42. The van der Waals surface area contributed by atoms with Gasteiger partial charge in [0.1, 0.15) is 0 Å². The molecule has 2 unspecified atom stereocenters. The summed E-state index contributed by atoms with van der Waals surface area (Å²) < 4.78 is 0.969. The minimum Gasteiger partial charge on any atom is -0.333 e. The van der Waals surface area contributed by atoms with Crippen LogP contribution in [0, 0.1) is 0 Å². The molecule has 4 heteroatoms. The summed E-state index contributed by atoms with van der Waals surface area (Å²) in [6, 6.07) is 8.57. The van der Waals surface area contributed by atoms with Gasteiger partial charge in [0.05, 0.1) is 0 Å². The fourth-order valence-electron chi connectivity index (χ4n) is 3.21. The van der Waals surface area contributed by atoms with Gasteiger partial charge in [-0.1, -0.05) is 37.9 Å². The van der Waals surface area contributed by atoms with Gasteiger partial charge in [-0.2, -0.15) is 0 Å². The lowest BCUT2D eigenvalue weighted by Gasteiger charge is -2.37. The average molecular weight is 373 g/mol. The number of rotatable bonds is 1. The van der Waals surface area contributed by atoms with Crippen molar-refractivity contribution < 1.29 is 4.79 Å². The summed E-state index contributed by atoms with van der Waals surface area (Å²) in [4.78, 5) is 15.3. The standard InChI is InChI=1S/C14H15Br2NO/c15-10-3-1-2-9(6-10)14(18)17-12-4-5-13(17)8-11(16)7-12/h1-3,6,11-13H,4-5,7-8H2. The summed E-state index contributed by atoms with van der Waals surface area (Å²) in [6.45, 7) is 0. The maximum atomic E-state index is 12.6. The number of nitrogens with zero attached hydrogens (tertiary/aromatic N) is 1. The molecule has 1 amide bonds. The summed E-state index contributed by atoms with van der Waals surface area (Å²) in [6.07, 6.45) is 4.51. The van der Waals surface area contributed by atoms with Crippen molar-refractivity contribution in [1.82, 2.24) is 4.90 Å². The van der Waals surface area contributed by atoms with E-state index in [1.807, 2.05) is 24.3 Å². The van der Waals surface area contributed by atoms with Gasteiger partial charge in [-0.3, -0.25) is 4.79 Å². The van der Waals surface area contributed by atoms with E-state index in [9.17, 15) is 4.79 Å². The topological polar surface area (TPSA) is 20.3 Å². The number of amides is 1. The van der Waals surface area contributed by atoms with Crippen LogP contribution >= 0.6 is 31.9 Å². The maximum Gasteiger partial charge on any atom is 0.254 e. The van der Waals surface area contributed by atoms with Crippen LogP contribution in [0.3, 0.4) is 0 Å². The smallest absolute Gasteiger partial charge is 0.254 e. The molecule has 2 bridgehead atoms. The van der Waals surface area contributed by atoms with Crippen molar-refractivity contribution in [1.29, 1.82) is 0 Å². The Kier molecular flexibility index (Phi) is 3.50. The largest absolute Gasteiger partial charge is 0.333 e. The Morgan fingerprint density at radius 2 is 1.89 bits per heavy atom. The molecule has 0 spiro atoms. The second kappa shape index (κ2) is 4.97. The Labute approximate surface area is 124 Å². The van der Waals surface area contributed by atoms with E-state index in [0.29, 0.717) is 16.9 Å². The number of hydrogen-bond acceptors (Lipinski definition) is 1. The van der Waals surface area contributed by atoms with Crippen LogP contribution < -0.4 is 0 Å². The van der Waals surface area contributed by atoms with Crippen LogP contribution in [0.25, 0.3) is 0 Å². The molecule has 0 saturated carbocycles. The Morgan fingerprint density at radius 1 is 1.22 bits per heavy atom. The number of carbonyl (C=O) groups is 1. The van der Waals surface area contributed by atoms with E-state index < -0.39 is 0 Å². The van der Waals surface area contributed by atoms with Gasteiger partial charge in [-0.15, -0.1) is 0 Å². The van der Waals surface area contributed by atoms with Crippen LogP contribution in [0.1, 0.15) is 36.0 Å². The predicted octanol–water partition coefficient (Wildman–Crippen LogP) is 3.98. The lowest BCUT2D eigenvalue weighted by molar-refractivity contribution is 0.0603. The number of carbonyl (C=O) groups excluding carboxylic acids is 1. The number of halogens is 2. The lowest BCUT2D eigenvalue weighted by atomic mass is 10.0. The summed E-state index contributed by atoms with van der Waals surface area (Å²) >= 11 is 7.14. The number of alkyl halides is 1. The Morgan fingerprint density at radius 3 is 2.50 bits per heavy atom. The summed E-state index contributed by atoms with van der Waals surface area (Å²) in [5.74, 6) is 0.197. The fraction of sp³-hybridized carbons (Fsp3) is 0.500. The van der Waals surface area contributed by atoms with Crippen molar-refractivity contribution in [2.75, 3.05) is 0 Å². The first kappa shape index (κ1) is 12.7. The van der Waals surface area contributed by atoms with Gasteiger partial charge < -0.3 is 4.90 Å². The third-order valence-electron chi connectivity index (χ3n) is 3.98. The number of hydrogen-bond donors (Lipinski definition) is 0. The number of benzene rings is 1. The minimum absolute atomic E-state index is 0.197. The predicted molar refractivity (Wildman–Crippen MR) is 79.1 cm³/mol. The monoisotopic (exact) mass is 371 g/mol. The SMILES string of the molecule is O=C(c1cccc(Br)c1)N1C2CCC1CC(Br)C2. The summed E-state index contributed by atoms with van der Waals surface area (Å²) in [5, 5.41) is 0. The third kappa shape index (κ3) is 2.25. The summed E-state index contributed by atoms with van der Waals surface area (Å²) in [7, 11) is 0. The van der Waals surface area contributed by atoms with Gasteiger partial charge in [-0.25, -0.2) is 0 Å². The van der Waals surface area contributed by atoms with E-state index >= 15 is 0 Å². The molecule has 0 N–H and O–H groups in total. The van der Waals surface area contributed by atoms with Crippen molar-refractivity contribution in [3.63, 3.8) is 0 Å². The molecular weight excluding hydrogens is 358 g/mol. The van der Waals surface area contributed by atoms with Crippen molar-refractivity contribution in [3.05, 3.63) is 34.3 Å². The van der Waals surface area contributed by atoms with E-state index in [0.717, 1.165) is 35.7 Å². The van der Waals surface area contributed by atoms with Crippen LogP contribution in [0.15, 0.2) is 28.7 Å². The molecule has 2 nitrogen and oxygen atoms in total. The molecule has 0 aromatic heterocycles. The zero-order chi connectivity index (χ0) is 12.7. The molecule has 2 heterocycles. The first-order chi connectivity index (χ1) is 8.65. The molecule has 2 atom stereocenters. The van der Waals surface area contributed by atoms with E-state index in [-0.39, 0.29) is 5.91 Å². The normalized spacial score (nSPS) is 30.6. The molecule has 0 aliphatic carbocycles. The van der Waals surface area contributed by atoms with Gasteiger partial charge in [0, 0.05) is 26.9 Å². The molecule has 2 aliphatic heterocycles. The van der Waals surface area contributed by atoms with Crippen molar-refractivity contribution >= 4 is 37.8 Å². The molecule has 1 aromatic carbocycles. The quantitative estimate of drug-likeness (QED) is 0.683.